The first-order valence-electron chi connectivity index (χ1n) is 5.17. The third-order valence-electron chi connectivity index (χ3n) is 2.58. The van der Waals surface area contributed by atoms with Crippen LogP contribution in [-0.2, 0) is 6.42 Å². The number of methoxy groups -OCH3 is 1. The Hall–Kier alpha value is -1.09. The van der Waals surface area contributed by atoms with E-state index in [9.17, 15) is 4.39 Å². The lowest BCUT2D eigenvalue weighted by Gasteiger charge is -2.10. The maximum absolute atomic E-state index is 13.3. The predicted octanol–water partition coefficient (Wildman–Crippen LogP) is 2.37. The van der Waals surface area contributed by atoms with Crippen molar-refractivity contribution in [3.8, 4) is 5.75 Å². The Morgan fingerprint density at radius 1 is 1.47 bits per heavy atom. The highest BCUT2D eigenvalue weighted by Gasteiger charge is 2.04. The van der Waals surface area contributed by atoms with Gasteiger partial charge in [-0.05, 0) is 44.5 Å². The van der Waals surface area contributed by atoms with Crippen LogP contribution in [-0.4, -0.2) is 20.2 Å². The third-order valence-corrected chi connectivity index (χ3v) is 2.58. The first-order chi connectivity index (χ1) is 7.17. The molecule has 1 aromatic rings. The first kappa shape index (κ1) is 12.0. The Balaban J connectivity index is 2.59. The van der Waals surface area contributed by atoms with E-state index < -0.39 is 0 Å². The van der Waals surface area contributed by atoms with Crippen LogP contribution in [0.25, 0.3) is 0 Å². The van der Waals surface area contributed by atoms with Gasteiger partial charge in [-0.1, -0.05) is 6.07 Å². The maximum atomic E-state index is 13.3. The molecule has 0 fully saturated rings. The van der Waals surface area contributed by atoms with Gasteiger partial charge in [0.15, 0.2) is 11.6 Å². The molecule has 0 aromatic heterocycles. The Morgan fingerprint density at radius 3 is 2.73 bits per heavy atom. The number of hydrogen-bond acceptors (Lipinski definition) is 2. The fourth-order valence-electron chi connectivity index (χ4n) is 1.39. The topological polar surface area (TPSA) is 21.3 Å². The number of rotatable bonds is 5. The van der Waals surface area contributed by atoms with E-state index in [2.05, 4.69) is 12.2 Å². The van der Waals surface area contributed by atoms with Crippen LogP contribution in [0.1, 0.15) is 18.9 Å². The zero-order valence-corrected chi connectivity index (χ0v) is 9.51. The molecule has 84 valence electrons. The van der Waals surface area contributed by atoms with Crippen molar-refractivity contribution in [1.29, 1.82) is 0 Å². The molecule has 3 heteroatoms. The van der Waals surface area contributed by atoms with Gasteiger partial charge in [0.25, 0.3) is 0 Å². The van der Waals surface area contributed by atoms with Gasteiger partial charge in [-0.2, -0.15) is 0 Å². The van der Waals surface area contributed by atoms with Crippen molar-refractivity contribution in [3.63, 3.8) is 0 Å². The van der Waals surface area contributed by atoms with E-state index in [0.29, 0.717) is 11.8 Å². The largest absolute Gasteiger partial charge is 0.494 e. The molecule has 15 heavy (non-hydrogen) atoms. The summed E-state index contributed by atoms with van der Waals surface area (Å²) in [6, 6.07) is 5.58. The van der Waals surface area contributed by atoms with Gasteiger partial charge in [-0.15, -0.1) is 0 Å². The van der Waals surface area contributed by atoms with Crippen molar-refractivity contribution in [2.24, 2.45) is 0 Å². The molecule has 1 rings (SSSR count). The molecule has 0 aliphatic carbocycles. The van der Waals surface area contributed by atoms with Crippen LogP contribution in [0.5, 0.6) is 5.75 Å². The Kier molecular flexibility index (Phi) is 4.56. The van der Waals surface area contributed by atoms with Crippen molar-refractivity contribution >= 4 is 0 Å². The van der Waals surface area contributed by atoms with Crippen LogP contribution in [0.2, 0.25) is 0 Å². The molecule has 1 N–H and O–H groups in total. The van der Waals surface area contributed by atoms with Gasteiger partial charge in [0, 0.05) is 6.04 Å². The van der Waals surface area contributed by atoms with Crippen LogP contribution in [0.15, 0.2) is 18.2 Å². The molecule has 0 amide bonds. The maximum Gasteiger partial charge on any atom is 0.165 e. The highest BCUT2D eigenvalue weighted by atomic mass is 19.1. The standard InChI is InChI=1S/C12H18FNO/c1-9(14-2)4-5-10-6-7-12(15-3)11(13)8-10/h6-9,14H,4-5H2,1-3H3. The normalized spacial score (nSPS) is 12.5. The fourth-order valence-corrected chi connectivity index (χ4v) is 1.39. The summed E-state index contributed by atoms with van der Waals surface area (Å²) in [5.74, 6) is 0.0209. The molecule has 2 nitrogen and oxygen atoms in total. The smallest absolute Gasteiger partial charge is 0.165 e. The van der Waals surface area contributed by atoms with E-state index in [1.807, 2.05) is 13.1 Å². The minimum atomic E-state index is -0.285. The summed E-state index contributed by atoms with van der Waals surface area (Å²) in [5, 5.41) is 3.15. The Bertz CT molecular complexity index is 314. The quantitative estimate of drug-likeness (QED) is 0.807. The lowest BCUT2D eigenvalue weighted by atomic mass is 10.1. The second-order valence-electron chi connectivity index (χ2n) is 3.70. The highest BCUT2D eigenvalue weighted by Crippen LogP contribution is 2.18. The number of hydrogen-bond donors (Lipinski definition) is 1. The number of halogens is 1. The zero-order chi connectivity index (χ0) is 11.3. The molecule has 1 aromatic carbocycles. The molecule has 1 unspecified atom stereocenters. The summed E-state index contributed by atoms with van der Waals surface area (Å²) in [7, 11) is 3.40. The molecular weight excluding hydrogens is 193 g/mol. The molecule has 0 spiro atoms. The third kappa shape index (κ3) is 3.51. The molecule has 1 atom stereocenters. The highest BCUT2D eigenvalue weighted by molar-refractivity contribution is 5.29. The van der Waals surface area contributed by atoms with Crippen LogP contribution in [0, 0.1) is 5.82 Å². The number of ether oxygens (including phenoxy) is 1. The van der Waals surface area contributed by atoms with Crippen LogP contribution in [0.3, 0.4) is 0 Å². The van der Waals surface area contributed by atoms with Crippen LogP contribution < -0.4 is 10.1 Å². The Morgan fingerprint density at radius 2 is 2.20 bits per heavy atom. The number of benzene rings is 1. The molecule has 0 heterocycles. The van der Waals surface area contributed by atoms with E-state index in [1.54, 1.807) is 12.1 Å². The van der Waals surface area contributed by atoms with Crippen molar-refractivity contribution in [2.75, 3.05) is 14.2 Å². The summed E-state index contributed by atoms with van der Waals surface area (Å²) >= 11 is 0. The summed E-state index contributed by atoms with van der Waals surface area (Å²) in [4.78, 5) is 0. The summed E-state index contributed by atoms with van der Waals surface area (Å²) in [6.45, 7) is 2.11. The second kappa shape index (κ2) is 5.71. The van der Waals surface area contributed by atoms with E-state index in [-0.39, 0.29) is 5.82 Å². The summed E-state index contributed by atoms with van der Waals surface area (Å²) < 4.78 is 18.2. The van der Waals surface area contributed by atoms with Gasteiger partial charge in [0.05, 0.1) is 7.11 Å². The Labute approximate surface area is 90.4 Å². The minimum Gasteiger partial charge on any atom is -0.494 e. The monoisotopic (exact) mass is 211 g/mol. The van der Waals surface area contributed by atoms with E-state index in [1.165, 1.54) is 7.11 Å². The summed E-state index contributed by atoms with van der Waals surface area (Å²) in [6.07, 6.45) is 1.88. The molecule has 0 bridgehead atoms. The van der Waals surface area contributed by atoms with Crippen LogP contribution in [0.4, 0.5) is 4.39 Å². The molecular formula is C12H18FNO. The molecule has 0 saturated carbocycles. The van der Waals surface area contributed by atoms with Gasteiger partial charge in [-0.3, -0.25) is 0 Å². The second-order valence-corrected chi connectivity index (χ2v) is 3.70. The van der Waals surface area contributed by atoms with Crippen molar-refractivity contribution < 1.29 is 9.13 Å². The van der Waals surface area contributed by atoms with Crippen molar-refractivity contribution in [2.45, 2.75) is 25.8 Å². The van der Waals surface area contributed by atoms with Gasteiger partial charge in [0.2, 0.25) is 0 Å². The van der Waals surface area contributed by atoms with E-state index in [4.69, 9.17) is 4.74 Å². The van der Waals surface area contributed by atoms with Crippen molar-refractivity contribution in [1.82, 2.24) is 5.32 Å². The van der Waals surface area contributed by atoms with Gasteiger partial charge < -0.3 is 10.1 Å². The molecule has 0 saturated heterocycles. The lowest BCUT2D eigenvalue weighted by molar-refractivity contribution is 0.386. The fraction of sp³-hybridized carbons (Fsp3) is 0.500. The van der Waals surface area contributed by atoms with E-state index >= 15 is 0 Å². The molecule has 0 radical (unpaired) electrons. The van der Waals surface area contributed by atoms with Gasteiger partial charge in [0.1, 0.15) is 0 Å². The van der Waals surface area contributed by atoms with Gasteiger partial charge >= 0.3 is 0 Å². The summed E-state index contributed by atoms with van der Waals surface area (Å²) in [5.41, 5.74) is 1.01. The number of aryl methyl sites for hydroxylation is 1. The molecule has 0 aliphatic heterocycles. The SMILES string of the molecule is CNC(C)CCc1ccc(OC)c(F)c1. The van der Waals surface area contributed by atoms with Gasteiger partial charge in [-0.25, -0.2) is 4.39 Å². The van der Waals surface area contributed by atoms with E-state index in [0.717, 1.165) is 18.4 Å². The molecule has 0 aliphatic rings. The van der Waals surface area contributed by atoms with Crippen LogP contribution >= 0.6 is 0 Å². The first-order valence-corrected chi connectivity index (χ1v) is 5.17. The zero-order valence-electron chi connectivity index (χ0n) is 9.51. The number of nitrogens with one attached hydrogen (secondary N) is 1. The predicted molar refractivity (Wildman–Crippen MR) is 59.8 cm³/mol. The minimum absolute atomic E-state index is 0.285. The average Bonchev–Trinajstić information content (AvgIpc) is 2.26. The average molecular weight is 211 g/mol. The van der Waals surface area contributed by atoms with Crippen molar-refractivity contribution in [3.05, 3.63) is 29.6 Å². The lowest BCUT2D eigenvalue weighted by Crippen LogP contribution is -2.21.